The Hall–Kier alpha value is -1.54. The van der Waals surface area contributed by atoms with Gasteiger partial charge in [-0.3, -0.25) is 0 Å². The maximum absolute atomic E-state index is 12.0. The Labute approximate surface area is 153 Å². The van der Waals surface area contributed by atoms with Crippen LogP contribution in [-0.2, 0) is 11.2 Å². The number of hydrogen-bond acceptors (Lipinski definition) is 3. The van der Waals surface area contributed by atoms with Crippen molar-refractivity contribution >= 4 is 22.0 Å². The van der Waals surface area contributed by atoms with Crippen molar-refractivity contribution in [2.75, 3.05) is 0 Å². The van der Waals surface area contributed by atoms with E-state index in [2.05, 4.69) is 41.2 Å². The van der Waals surface area contributed by atoms with E-state index in [1.165, 1.54) is 0 Å². The Bertz CT molecular complexity index is 600. The number of carbonyl (C=O) groups is 1. The highest BCUT2D eigenvalue weighted by Gasteiger charge is 2.20. The van der Waals surface area contributed by atoms with Gasteiger partial charge >= 0.3 is 6.09 Å². The lowest BCUT2D eigenvalue weighted by Crippen LogP contribution is -2.40. The molecule has 0 aliphatic carbocycles. The van der Waals surface area contributed by atoms with Crippen molar-refractivity contribution in [2.45, 2.75) is 65.5 Å². The lowest BCUT2D eigenvalue weighted by molar-refractivity contribution is 0.0496. The van der Waals surface area contributed by atoms with Crippen molar-refractivity contribution in [3.05, 3.63) is 33.8 Å². The van der Waals surface area contributed by atoms with Crippen LogP contribution in [0.2, 0.25) is 0 Å². The van der Waals surface area contributed by atoms with E-state index in [9.17, 15) is 10.1 Å². The Morgan fingerprint density at radius 1 is 1.38 bits per heavy atom. The van der Waals surface area contributed by atoms with Gasteiger partial charge in [-0.1, -0.05) is 35.8 Å². The summed E-state index contributed by atoms with van der Waals surface area (Å²) in [4.78, 5) is 12.0. The summed E-state index contributed by atoms with van der Waals surface area (Å²) in [6, 6.07) is 7.98. The molecule has 0 fully saturated rings. The number of halogens is 1. The van der Waals surface area contributed by atoms with Crippen LogP contribution in [0, 0.1) is 17.2 Å². The molecule has 0 aliphatic rings. The smallest absolute Gasteiger partial charge is 0.407 e. The summed E-state index contributed by atoms with van der Waals surface area (Å²) in [6.07, 6.45) is 2.00. The van der Waals surface area contributed by atoms with Gasteiger partial charge in [-0.05, 0) is 63.6 Å². The summed E-state index contributed by atoms with van der Waals surface area (Å²) in [5.74, 6) is 0.463. The molecule has 0 saturated heterocycles. The predicted molar refractivity (Wildman–Crippen MR) is 99.8 cm³/mol. The zero-order valence-corrected chi connectivity index (χ0v) is 16.7. The molecule has 1 aromatic carbocycles. The second-order valence-corrected chi connectivity index (χ2v) is 8.34. The van der Waals surface area contributed by atoms with Gasteiger partial charge in [-0.15, -0.1) is 0 Å². The van der Waals surface area contributed by atoms with Crippen LogP contribution in [0.5, 0.6) is 0 Å². The molecule has 4 nitrogen and oxygen atoms in total. The highest BCUT2D eigenvalue weighted by molar-refractivity contribution is 9.10. The summed E-state index contributed by atoms with van der Waals surface area (Å²) in [5.41, 5.74) is 1.16. The summed E-state index contributed by atoms with van der Waals surface area (Å²) in [5, 5.41) is 12.2. The number of benzene rings is 1. The molecule has 1 N–H and O–H groups in total. The van der Waals surface area contributed by atoms with Gasteiger partial charge in [0.1, 0.15) is 5.60 Å². The van der Waals surface area contributed by atoms with Gasteiger partial charge < -0.3 is 10.1 Å². The van der Waals surface area contributed by atoms with Crippen molar-refractivity contribution in [1.82, 2.24) is 5.32 Å². The highest BCUT2D eigenvalue weighted by atomic mass is 79.9. The number of rotatable bonds is 6. The normalized spacial score (nSPS) is 12.6. The fourth-order valence-electron chi connectivity index (χ4n) is 2.49. The van der Waals surface area contributed by atoms with E-state index >= 15 is 0 Å². The zero-order valence-electron chi connectivity index (χ0n) is 15.1. The number of nitrogens with zero attached hydrogens (tertiary/aromatic N) is 1. The summed E-state index contributed by atoms with van der Waals surface area (Å²) in [6.45, 7) is 9.81. The van der Waals surface area contributed by atoms with Crippen molar-refractivity contribution in [2.24, 2.45) is 5.92 Å². The van der Waals surface area contributed by atoms with Gasteiger partial charge in [0.25, 0.3) is 0 Å². The maximum Gasteiger partial charge on any atom is 0.407 e. The molecule has 0 saturated carbocycles. The van der Waals surface area contributed by atoms with Crippen LogP contribution >= 0.6 is 15.9 Å². The Morgan fingerprint density at radius 3 is 2.58 bits per heavy atom. The number of hydrogen-bond donors (Lipinski definition) is 1. The van der Waals surface area contributed by atoms with Crippen LogP contribution in [-0.4, -0.2) is 17.7 Å². The number of alkyl carbamates (subject to hydrolysis) is 1. The zero-order chi connectivity index (χ0) is 18.3. The topological polar surface area (TPSA) is 62.1 Å². The molecule has 24 heavy (non-hydrogen) atoms. The van der Waals surface area contributed by atoms with Crippen molar-refractivity contribution in [3.63, 3.8) is 0 Å². The fourth-order valence-corrected chi connectivity index (χ4v) is 2.85. The summed E-state index contributed by atoms with van der Waals surface area (Å²) in [7, 11) is 0. The predicted octanol–water partition coefficient (Wildman–Crippen LogP) is 5.19. The standard InChI is InChI=1S/C19H27BrN2O2/c1-13(2)10-17(22-18(23)24-19(3,4)5)9-7-14-6-8-16(20)11-15(14)12-21/h6,8,11,13,17H,7,9-10H2,1-5H3,(H,22,23)/t17-/m1/s1. The SMILES string of the molecule is CC(C)C[C@@H](CCc1ccc(Br)cc1C#N)NC(=O)OC(C)(C)C. The molecule has 0 spiro atoms. The fraction of sp³-hybridized carbons (Fsp3) is 0.579. The molecule has 1 atom stereocenters. The first kappa shape index (κ1) is 20.5. The highest BCUT2D eigenvalue weighted by Crippen LogP contribution is 2.19. The van der Waals surface area contributed by atoms with Gasteiger partial charge in [0, 0.05) is 10.5 Å². The second-order valence-electron chi connectivity index (χ2n) is 7.42. The first-order valence-corrected chi connectivity index (χ1v) is 9.08. The minimum absolute atomic E-state index is 0.0232. The number of amides is 1. The molecular formula is C19H27BrN2O2. The van der Waals surface area contributed by atoms with E-state index in [-0.39, 0.29) is 12.1 Å². The molecule has 132 valence electrons. The number of ether oxygens (including phenoxy) is 1. The third-order valence-electron chi connectivity index (χ3n) is 3.43. The Kier molecular flexibility index (Phi) is 7.75. The lowest BCUT2D eigenvalue weighted by Gasteiger charge is -2.24. The van der Waals surface area contributed by atoms with E-state index in [0.717, 1.165) is 29.3 Å². The van der Waals surface area contributed by atoms with Crippen LogP contribution in [0.3, 0.4) is 0 Å². The van der Waals surface area contributed by atoms with E-state index in [0.29, 0.717) is 11.5 Å². The molecule has 1 aromatic rings. The van der Waals surface area contributed by atoms with E-state index in [4.69, 9.17) is 4.74 Å². The monoisotopic (exact) mass is 394 g/mol. The van der Waals surface area contributed by atoms with E-state index < -0.39 is 5.60 Å². The number of nitrogens with one attached hydrogen (secondary N) is 1. The van der Waals surface area contributed by atoms with Crippen LogP contribution in [0.15, 0.2) is 22.7 Å². The molecule has 0 unspecified atom stereocenters. The lowest BCUT2D eigenvalue weighted by atomic mass is 9.96. The van der Waals surface area contributed by atoms with Crippen molar-refractivity contribution in [3.8, 4) is 6.07 Å². The van der Waals surface area contributed by atoms with Crippen LogP contribution < -0.4 is 5.32 Å². The first-order valence-electron chi connectivity index (χ1n) is 8.28. The molecule has 0 aromatic heterocycles. The van der Waals surface area contributed by atoms with Crippen LogP contribution in [0.1, 0.15) is 58.6 Å². The Balaban J connectivity index is 2.73. The van der Waals surface area contributed by atoms with Crippen molar-refractivity contribution < 1.29 is 9.53 Å². The third-order valence-corrected chi connectivity index (χ3v) is 3.92. The molecular weight excluding hydrogens is 368 g/mol. The second kappa shape index (κ2) is 9.08. The van der Waals surface area contributed by atoms with Gasteiger partial charge in [-0.2, -0.15) is 5.26 Å². The molecule has 0 radical (unpaired) electrons. The van der Waals surface area contributed by atoms with Crippen molar-refractivity contribution in [1.29, 1.82) is 5.26 Å². The molecule has 1 rings (SSSR count). The van der Waals surface area contributed by atoms with Gasteiger partial charge in [0.05, 0.1) is 11.6 Å². The maximum atomic E-state index is 12.0. The first-order chi connectivity index (χ1) is 11.1. The average Bonchev–Trinajstić information content (AvgIpc) is 2.42. The van der Waals surface area contributed by atoms with Gasteiger partial charge in [0.15, 0.2) is 0 Å². The van der Waals surface area contributed by atoms with Crippen LogP contribution in [0.4, 0.5) is 4.79 Å². The largest absolute Gasteiger partial charge is 0.444 e. The van der Waals surface area contributed by atoms with Crippen LogP contribution in [0.25, 0.3) is 0 Å². The minimum Gasteiger partial charge on any atom is -0.444 e. The molecule has 5 heteroatoms. The third kappa shape index (κ3) is 7.83. The average molecular weight is 395 g/mol. The molecule has 0 aliphatic heterocycles. The number of nitriles is 1. The molecule has 1 amide bonds. The Morgan fingerprint density at radius 2 is 2.04 bits per heavy atom. The quantitative estimate of drug-likeness (QED) is 0.721. The van der Waals surface area contributed by atoms with E-state index in [1.807, 2.05) is 39.0 Å². The molecule has 0 heterocycles. The summed E-state index contributed by atoms with van der Waals surface area (Å²) >= 11 is 3.39. The number of aryl methyl sites for hydroxylation is 1. The minimum atomic E-state index is -0.508. The molecule has 0 bridgehead atoms. The van der Waals surface area contributed by atoms with E-state index in [1.54, 1.807) is 0 Å². The van der Waals surface area contributed by atoms with Gasteiger partial charge in [0.2, 0.25) is 0 Å². The summed E-state index contributed by atoms with van der Waals surface area (Å²) < 4.78 is 6.25. The van der Waals surface area contributed by atoms with Gasteiger partial charge in [-0.25, -0.2) is 4.79 Å². The number of carbonyl (C=O) groups excluding carboxylic acids is 1.